The minimum absolute atomic E-state index is 0.477. The van der Waals surface area contributed by atoms with Gasteiger partial charge in [-0.25, -0.2) is 10.8 Å². The van der Waals surface area contributed by atoms with Gasteiger partial charge in [-0.2, -0.15) is 0 Å². The van der Waals surface area contributed by atoms with Crippen molar-refractivity contribution >= 4 is 49.2 Å². The SMILES string of the molecule is COc1cc(Nc2cncc(NN)n2)c(Br)cc1Br. The fourth-order valence-electron chi connectivity index (χ4n) is 1.42. The maximum absolute atomic E-state index is 5.29. The molecule has 0 spiro atoms. The van der Waals surface area contributed by atoms with Crippen LogP contribution in [-0.4, -0.2) is 17.1 Å². The van der Waals surface area contributed by atoms with Crippen LogP contribution >= 0.6 is 31.9 Å². The highest BCUT2D eigenvalue weighted by Gasteiger charge is 2.08. The molecule has 0 saturated carbocycles. The lowest BCUT2D eigenvalue weighted by Gasteiger charge is -2.11. The normalized spacial score (nSPS) is 10.1. The second kappa shape index (κ2) is 6.18. The Morgan fingerprint density at radius 1 is 1.16 bits per heavy atom. The number of nitrogen functional groups attached to an aromatic ring is 1. The van der Waals surface area contributed by atoms with Crippen LogP contribution in [0, 0.1) is 0 Å². The summed E-state index contributed by atoms with van der Waals surface area (Å²) < 4.78 is 6.97. The summed E-state index contributed by atoms with van der Waals surface area (Å²) in [6, 6.07) is 3.73. The number of aromatic nitrogens is 2. The minimum Gasteiger partial charge on any atom is -0.495 e. The van der Waals surface area contributed by atoms with E-state index < -0.39 is 0 Å². The Kier molecular flexibility index (Phi) is 4.56. The number of ether oxygens (including phenoxy) is 1. The highest BCUT2D eigenvalue weighted by molar-refractivity contribution is 9.11. The van der Waals surface area contributed by atoms with Crippen molar-refractivity contribution in [1.29, 1.82) is 0 Å². The Bertz CT molecular complexity index is 593. The summed E-state index contributed by atoms with van der Waals surface area (Å²) in [6.45, 7) is 0. The molecule has 1 aromatic heterocycles. The number of nitrogens with two attached hydrogens (primary N) is 1. The number of anilines is 3. The van der Waals surface area contributed by atoms with Crippen LogP contribution in [0.25, 0.3) is 0 Å². The third-order valence-corrected chi connectivity index (χ3v) is 3.56. The van der Waals surface area contributed by atoms with Crippen LogP contribution in [0.3, 0.4) is 0 Å². The average Bonchev–Trinajstić information content (AvgIpc) is 2.42. The molecule has 4 N–H and O–H groups in total. The number of halogens is 2. The van der Waals surface area contributed by atoms with Gasteiger partial charge in [-0.1, -0.05) is 0 Å². The molecule has 19 heavy (non-hydrogen) atoms. The number of methoxy groups -OCH3 is 1. The molecule has 0 aliphatic carbocycles. The first-order chi connectivity index (χ1) is 9.13. The topological polar surface area (TPSA) is 85.1 Å². The predicted octanol–water partition coefficient (Wildman–Crippen LogP) is 3.04. The van der Waals surface area contributed by atoms with Crippen molar-refractivity contribution in [2.24, 2.45) is 5.84 Å². The van der Waals surface area contributed by atoms with Gasteiger partial charge in [0.15, 0.2) is 11.6 Å². The largest absolute Gasteiger partial charge is 0.495 e. The summed E-state index contributed by atoms with van der Waals surface area (Å²) in [7, 11) is 1.61. The number of hydrogen-bond donors (Lipinski definition) is 3. The zero-order valence-corrected chi connectivity index (χ0v) is 13.1. The van der Waals surface area contributed by atoms with Gasteiger partial charge < -0.3 is 15.5 Å². The van der Waals surface area contributed by atoms with E-state index in [1.54, 1.807) is 13.3 Å². The summed E-state index contributed by atoms with van der Waals surface area (Å²) >= 11 is 6.88. The Morgan fingerprint density at radius 2 is 1.89 bits per heavy atom. The van der Waals surface area contributed by atoms with Crippen LogP contribution in [0.5, 0.6) is 5.75 Å². The number of hydrogen-bond acceptors (Lipinski definition) is 6. The van der Waals surface area contributed by atoms with Crippen LogP contribution in [0.4, 0.5) is 17.3 Å². The fourth-order valence-corrected chi connectivity index (χ4v) is 2.67. The number of hydrazine groups is 1. The number of nitrogens with one attached hydrogen (secondary N) is 2. The van der Waals surface area contributed by atoms with Crippen LogP contribution in [-0.2, 0) is 0 Å². The van der Waals surface area contributed by atoms with Crippen molar-refractivity contribution in [3.05, 3.63) is 33.5 Å². The molecule has 8 heteroatoms. The van der Waals surface area contributed by atoms with Crippen molar-refractivity contribution < 1.29 is 4.74 Å². The third-order valence-electron chi connectivity index (χ3n) is 2.29. The molecule has 0 amide bonds. The molecule has 0 bridgehead atoms. The first-order valence-corrected chi connectivity index (χ1v) is 6.81. The van der Waals surface area contributed by atoms with E-state index in [1.165, 1.54) is 6.20 Å². The molecular formula is C11H11Br2N5O. The summed E-state index contributed by atoms with van der Waals surface area (Å²) in [4.78, 5) is 8.24. The maximum Gasteiger partial charge on any atom is 0.160 e. The van der Waals surface area contributed by atoms with Gasteiger partial charge in [0.2, 0.25) is 0 Å². The monoisotopic (exact) mass is 387 g/mol. The molecule has 1 aromatic carbocycles. The van der Waals surface area contributed by atoms with Crippen molar-refractivity contribution in [3.63, 3.8) is 0 Å². The van der Waals surface area contributed by atoms with Gasteiger partial charge in [0.25, 0.3) is 0 Å². The van der Waals surface area contributed by atoms with E-state index in [0.717, 1.165) is 14.6 Å². The quantitative estimate of drug-likeness (QED) is 0.551. The molecule has 0 fully saturated rings. The molecule has 6 nitrogen and oxygen atoms in total. The van der Waals surface area contributed by atoms with E-state index in [0.29, 0.717) is 17.4 Å². The van der Waals surface area contributed by atoms with Gasteiger partial charge in [-0.05, 0) is 37.9 Å². The lowest BCUT2D eigenvalue weighted by atomic mass is 10.3. The summed E-state index contributed by atoms with van der Waals surface area (Å²) in [5, 5.41) is 3.13. The van der Waals surface area contributed by atoms with Gasteiger partial charge in [0.05, 0.1) is 29.7 Å². The molecule has 0 atom stereocenters. The Labute approximate surface area is 127 Å². The van der Waals surface area contributed by atoms with E-state index in [4.69, 9.17) is 10.6 Å². The summed E-state index contributed by atoms with van der Waals surface area (Å²) in [5.74, 6) is 7.05. The second-order valence-electron chi connectivity index (χ2n) is 3.53. The molecule has 0 unspecified atom stereocenters. The number of rotatable bonds is 4. The van der Waals surface area contributed by atoms with Gasteiger partial charge in [-0.3, -0.25) is 4.98 Å². The molecule has 2 rings (SSSR count). The molecule has 0 saturated heterocycles. The van der Waals surface area contributed by atoms with Gasteiger partial charge in [0, 0.05) is 10.5 Å². The third kappa shape index (κ3) is 3.34. The molecule has 2 aromatic rings. The molecule has 1 heterocycles. The van der Waals surface area contributed by atoms with Crippen LogP contribution in [0.15, 0.2) is 33.5 Å². The van der Waals surface area contributed by atoms with Crippen LogP contribution in [0.2, 0.25) is 0 Å². The number of nitrogens with zero attached hydrogens (tertiary/aromatic N) is 2. The van der Waals surface area contributed by atoms with Gasteiger partial charge >= 0.3 is 0 Å². The predicted molar refractivity (Wildman–Crippen MR) is 81.5 cm³/mol. The first kappa shape index (κ1) is 14.0. The lowest BCUT2D eigenvalue weighted by Crippen LogP contribution is -2.09. The van der Waals surface area contributed by atoms with E-state index in [9.17, 15) is 0 Å². The minimum atomic E-state index is 0.477. The summed E-state index contributed by atoms with van der Waals surface area (Å²) in [5.41, 5.74) is 3.25. The van der Waals surface area contributed by atoms with Gasteiger partial charge in [-0.15, -0.1) is 0 Å². The Morgan fingerprint density at radius 3 is 2.58 bits per heavy atom. The molecule has 0 radical (unpaired) electrons. The second-order valence-corrected chi connectivity index (χ2v) is 5.23. The Hall–Kier alpha value is -1.38. The smallest absolute Gasteiger partial charge is 0.160 e. The first-order valence-electron chi connectivity index (χ1n) is 5.22. The average molecular weight is 389 g/mol. The zero-order chi connectivity index (χ0) is 13.8. The zero-order valence-electron chi connectivity index (χ0n) is 9.95. The van der Waals surface area contributed by atoms with E-state index in [2.05, 4.69) is 52.6 Å². The molecule has 0 aliphatic rings. The van der Waals surface area contributed by atoms with Crippen LogP contribution in [0.1, 0.15) is 0 Å². The molecule has 0 aliphatic heterocycles. The maximum atomic E-state index is 5.29. The lowest BCUT2D eigenvalue weighted by molar-refractivity contribution is 0.412. The van der Waals surface area contributed by atoms with Crippen molar-refractivity contribution in [3.8, 4) is 5.75 Å². The standard InChI is InChI=1S/C11H11Br2N5O/c1-19-9-3-8(6(12)2-7(9)13)16-10-4-15-5-11(17-10)18-14/h2-5H,14H2,1H3,(H2,16,17,18). The van der Waals surface area contributed by atoms with E-state index >= 15 is 0 Å². The Balaban J connectivity index is 2.32. The molecule has 100 valence electrons. The number of benzene rings is 1. The van der Waals surface area contributed by atoms with E-state index in [1.807, 2.05) is 12.1 Å². The van der Waals surface area contributed by atoms with Crippen molar-refractivity contribution in [1.82, 2.24) is 9.97 Å². The highest BCUT2D eigenvalue weighted by atomic mass is 79.9. The van der Waals surface area contributed by atoms with Crippen LogP contribution < -0.4 is 21.3 Å². The molecular weight excluding hydrogens is 378 g/mol. The summed E-state index contributed by atoms with van der Waals surface area (Å²) in [6.07, 6.45) is 3.13. The highest BCUT2D eigenvalue weighted by Crippen LogP contribution is 2.35. The van der Waals surface area contributed by atoms with E-state index in [-0.39, 0.29) is 0 Å². The van der Waals surface area contributed by atoms with Crippen molar-refractivity contribution in [2.75, 3.05) is 17.9 Å². The fraction of sp³-hybridized carbons (Fsp3) is 0.0909. The van der Waals surface area contributed by atoms with Crippen molar-refractivity contribution in [2.45, 2.75) is 0 Å². The van der Waals surface area contributed by atoms with Gasteiger partial charge in [0.1, 0.15) is 5.75 Å².